The molecule has 1 amide bonds. The minimum absolute atomic E-state index is 0.176. The molecule has 2 aliphatic rings. The third-order valence-corrected chi connectivity index (χ3v) is 3.31. The van der Waals surface area contributed by atoms with Crippen LogP contribution in [0.15, 0.2) is 23.8 Å². The number of rotatable bonds is 2. The zero-order chi connectivity index (χ0) is 12.1. The van der Waals surface area contributed by atoms with Crippen molar-refractivity contribution in [3.63, 3.8) is 0 Å². The predicted octanol–water partition coefficient (Wildman–Crippen LogP) is 1.04. The molecule has 1 aliphatic carbocycles. The Morgan fingerprint density at radius 3 is 2.71 bits per heavy atom. The molecule has 0 aromatic carbocycles. The van der Waals surface area contributed by atoms with Crippen molar-refractivity contribution in [2.45, 2.75) is 12.8 Å². The van der Waals surface area contributed by atoms with Crippen LogP contribution in [0.1, 0.15) is 12.8 Å². The van der Waals surface area contributed by atoms with Crippen LogP contribution in [0.3, 0.4) is 0 Å². The maximum atomic E-state index is 11.3. The van der Waals surface area contributed by atoms with Crippen molar-refractivity contribution in [2.24, 2.45) is 0 Å². The zero-order valence-electron chi connectivity index (χ0n) is 10.1. The number of carbonyl (C=O) groups is 1. The van der Waals surface area contributed by atoms with Crippen LogP contribution >= 0.6 is 0 Å². The van der Waals surface area contributed by atoms with E-state index in [1.807, 2.05) is 0 Å². The number of terminal acetylenes is 1. The summed E-state index contributed by atoms with van der Waals surface area (Å²) in [4.78, 5) is 15.5. The van der Waals surface area contributed by atoms with Gasteiger partial charge in [-0.15, -0.1) is 6.42 Å². The normalized spacial score (nSPS) is 20.9. The van der Waals surface area contributed by atoms with Gasteiger partial charge in [0.2, 0.25) is 0 Å². The third kappa shape index (κ3) is 3.21. The van der Waals surface area contributed by atoms with Gasteiger partial charge in [0.15, 0.2) is 0 Å². The quantitative estimate of drug-likeness (QED) is 0.662. The van der Waals surface area contributed by atoms with Crippen LogP contribution < -0.4 is 0 Å². The van der Waals surface area contributed by atoms with Crippen LogP contribution in [0.25, 0.3) is 0 Å². The molecule has 0 unspecified atom stereocenters. The van der Waals surface area contributed by atoms with Crippen molar-refractivity contribution >= 4 is 5.91 Å². The smallest absolute Gasteiger partial charge is 0.298 e. The summed E-state index contributed by atoms with van der Waals surface area (Å²) in [6.07, 6.45) is 14.0. The molecular weight excluding hydrogens is 212 g/mol. The summed E-state index contributed by atoms with van der Waals surface area (Å²) in [7, 11) is 0. The summed E-state index contributed by atoms with van der Waals surface area (Å²) in [5.41, 5.74) is 1.49. The van der Waals surface area contributed by atoms with Crippen LogP contribution in [0.2, 0.25) is 0 Å². The second-order valence-corrected chi connectivity index (χ2v) is 4.50. The second kappa shape index (κ2) is 5.70. The number of hydrogen-bond donors (Lipinski definition) is 0. The zero-order valence-corrected chi connectivity index (χ0v) is 10.1. The van der Waals surface area contributed by atoms with Gasteiger partial charge in [-0.2, -0.15) is 0 Å². The summed E-state index contributed by atoms with van der Waals surface area (Å²) < 4.78 is 0. The highest BCUT2D eigenvalue weighted by atomic mass is 16.2. The fourth-order valence-corrected chi connectivity index (χ4v) is 2.27. The molecule has 1 aliphatic heterocycles. The van der Waals surface area contributed by atoms with Gasteiger partial charge in [0.05, 0.1) is 0 Å². The van der Waals surface area contributed by atoms with E-state index in [1.54, 1.807) is 4.90 Å². The molecule has 1 fully saturated rings. The lowest BCUT2D eigenvalue weighted by atomic mass is 10.0. The predicted molar refractivity (Wildman–Crippen MR) is 68.3 cm³/mol. The highest BCUT2D eigenvalue weighted by Crippen LogP contribution is 2.14. The average Bonchev–Trinajstić information content (AvgIpc) is 2.40. The molecular formula is C14H18N2O. The first-order chi connectivity index (χ1) is 8.29. The maximum Gasteiger partial charge on any atom is 0.298 e. The summed E-state index contributed by atoms with van der Waals surface area (Å²) in [5, 5.41) is 0. The lowest BCUT2D eigenvalue weighted by Crippen LogP contribution is -2.48. The number of hydrogen-bond acceptors (Lipinski definition) is 2. The number of allylic oxidation sites excluding steroid dienone is 3. The lowest BCUT2D eigenvalue weighted by Gasteiger charge is -2.34. The van der Waals surface area contributed by atoms with E-state index >= 15 is 0 Å². The van der Waals surface area contributed by atoms with Gasteiger partial charge in [0.1, 0.15) is 0 Å². The van der Waals surface area contributed by atoms with Gasteiger partial charge in [-0.3, -0.25) is 9.69 Å². The van der Waals surface area contributed by atoms with E-state index in [1.165, 1.54) is 12.0 Å². The SMILES string of the molecule is C#CC(=O)N1CCN(CC2=CC=CCC2)CC1. The van der Waals surface area contributed by atoms with Gasteiger partial charge in [0.25, 0.3) is 5.91 Å². The molecule has 90 valence electrons. The van der Waals surface area contributed by atoms with E-state index in [2.05, 4.69) is 29.0 Å². The molecule has 0 radical (unpaired) electrons. The minimum atomic E-state index is -0.176. The molecule has 1 heterocycles. The van der Waals surface area contributed by atoms with Crippen molar-refractivity contribution in [1.29, 1.82) is 0 Å². The lowest BCUT2D eigenvalue weighted by molar-refractivity contribution is -0.126. The molecule has 2 rings (SSSR count). The Labute approximate surface area is 103 Å². The van der Waals surface area contributed by atoms with E-state index in [4.69, 9.17) is 6.42 Å². The Balaban J connectivity index is 1.79. The largest absolute Gasteiger partial charge is 0.329 e. The molecule has 0 bridgehead atoms. The molecule has 17 heavy (non-hydrogen) atoms. The molecule has 0 aromatic rings. The molecule has 0 spiro atoms. The molecule has 1 saturated heterocycles. The fraction of sp³-hybridized carbons (Fsp3) is 0.500. The topological polar surface area (TPSA) is 23.6 Å². The molecule has 3 heteroatoms. The van der Waals surface area contributed by atoms with Gasteiger partial charge in [-0.1, -0.05) is 23.8 Å². The number of carbonyl (C=O) groups excluding carboxylic acids is 1. The molecule has 0 aromatic heterocycles. The van der Waals surface area contributed by atoms with Crippen LogP contribution in [0.5, 0.6) is 0 Å². The van der Waals surface area contributed by atoms with Crippen molar-refractivity contribution in [2.75, 3.05) is 32.7 Å². The molecule has 0 atom stereocenters. The van der Waals surface area contributed by atoms with E-state index in [0.717, 1.165) is 39.1 Å². The summed E-state index contributed by atoms with van der Waals surface area (Å²) in [6.45, 7) is 4.39. The first kappa shape index (κ1) is 11.9. The van der Waals surface area contributed by atoms with E-state index in [0.29, 0.717) is 0 Å². The maximum absolute atomic E-state index is 11.3. The average molecular weight is 230 g/mol. The van der Waals surface area contributed by atoms with Crippen LogP contribution in [-0.2, 0) is 4.79 Å². The Morgan fingerprint density at radius 1 is 1.35 bits per heavy atom. The number of piperazine rings is 1. The van der Waals surface area contributed by atoms with Crippen molar-refractivity contribution < 1.29 is 4.79 Å². The summed E-state index contributed by atoms with van der Waals surface area (Å²) >= 11 is 0. The van der Waals surface area contributed by atoms with E-state index in [9.17, 15) is 4.79 Å². The van der Waals surface area contributed by atoms with Gasteiger partial charge in [0, 0.05) is 32.7 Å². The van der Waals surface area contributed by atoms with Crippen molar-refractivity contribution in [3.8, 4) is 12.3 Å². The first-order valence-electron chi connectivity index (χ1n) is 6.12. The number of amides is 1. The Morgan fingerprint density at radius 2 is 2.12 bits per heavy atom. The standard InChI is InChI=1S/C14H18N2O/c1-2-14(17)16-10-8-15(9-11-16)12-13-6-4-3-5-7-13/h1,3-4,6H,5,7-12H2. The van der Waals surface area contributed by atoms with Crippen molar-refractivity contribution in [1.82, 2.24) is 9.80 Å². The van der Waals surface area contributed by atoms with Crippen LogP contribution in [0.4, 0.5) is 0 Å². The fourth-order valence-electron chi connectivity index (χ4n) is 2.27. The highest BCUT2D eigenvalue weighted by Gasteiger charge is 2.20. The van der Waals surface area contributed by atoms with Crippen LogP contribution in [0, 0.1) is 12.3 Å². The van der Waals surface area contributed by atoms with E-state index < -0.39 is 0 Å². The van der Waals surface area contributed by atoms with Crippen molar-refractivity contribution in [3.05, 3.63) is 23.8 Å². The Kier molecular flexibility index (Phi) is 4.00. The third-order valence-electron chi connectivity index (χ3n) is 3.31. The Bertz CT molecular complexity index is 382. The van der Waals surface area contributed by atoms with Gasteiger partial charge >= 0.3 is 0 Å². The second-order valence-electron chi connectivity index (χ2n) is 4.50. The van der Waals surface area contributed by atoms with Crippen LogP contribution in [-0.4, -0.2) is 48.4 Å². The number of nitrogens with zero attached hydrogens (tertiary/aromatic N) is 2. The summed E-state index contributed by atoms with van der Waals surface area (Å²) in [6, 6.07) is 0. The highest BCUT2D eigenvalue weighted by molar-refractivity contribution is 5.92. The van der Waals surface area contributed by atoms with Gasteiger partial charge in [-0.05, 0) is 18.8 Å². The van der Waals surface area contributed by atoms with Gasteiger partial charge < -0.3 is 4.90 Å². The molecule has 3 nitrogen and oxygen atoms in total. The first-order valence-corrected chi connectivity index (χ1v) is 6.12. The minimum Gasteiger partial charge on any atom is -0.329 e. The van der Waals surface area contributed by atoms with E-state index in [-0.39, 0.29) is 5.91 Å². The summed E-state index contributed by atoms with van der Waals surface area (Å²) in [5.74, 6) is 2.00. The molecule has 0 saturated carbocycles. The van der Waals surface area contributed by atoms with Gasteiger partial charge in [-0.25, -0.2) is 0 Å². The monoisotopic (exact) mass is 230 g/mol. The Hall–Kier alpha value is -1.53. The molecule has 0 N–H and O–H groups in total.